The van der Waals surface area contributed by atoms with Crippen molar-refractivity contribution < 1.29 is 0 Å². The minimum Gasteiger partial charge on any atom is -0.309 e. The number of nitrogens with zero attached hydrogens (tertiary/aromatic N) is 1. The fourth-order valence-electron chi connectivity index (χ4n) is 1.75. The first-order chi connectivity index (χ1) is 4.68. The molecule has 1 saturated carbocycles. The average Bonchev–Trinajstić information content (AvgIpc) is 1.77. The molecule has 0 heterocycles. The summed E-state index contributed by atoms with van der Waals surface area (Å²) in [6, 6.07) is 0. The highest BCUT2D eigenvalue weighted by Gasteiger charge is 2.24. The Morgan fingerprint density at radius 3 is 2.30 bits per heavy atom. The molecule has 1 aliphatic rings. The van der Waals surface area contributed by atoms with Gasteiger partial charge in [-0.2, -0.15) is 0 Å². The van der Waals surface area contributed by atoms with Crippen LogP contribution in [0.5, 0.6) is 0 Å². The number of rotatable bonds is 3. The van der Waals surface area contributed by atoms with Gasteiger partial charge in [0.05, 0.1) is 0 Å². The van der Waals surface area contributed by atoms with Gasteiger partial charge in [0, 0.05) is 0 Å². The van der Waals surface area contributed by atoms with Crippen molar-refractivity contribution in [3.05, 3.63) is 0 Å². The zero-order chi connectivity index (χ0) is 7.56. The van der Waals surface area contributed by atoms with Gasteiger partial charge in [-0.15, -0.1) is 0 Å². The molecule has 0 N–H and O–H groups in total. The molecule has 0 aromatic rings. The van der Waals surface area contributed by atoms with E-state index in [-0.39, 0.29) is 0 Å². The van der Waals surface area contributed by atoms with E-state index in [2.05, 4.69) is 25.9 Å². The Kier molecular flexibility index (Phi) is 2.72. The van der Waals surface area contributed by atoms with Gasteiger partial charge in [0.25, 0.3) is 0 Å². The smallest absolute Gasteiger partial charge is 0.00222 e. The van der Waals surface area contributed by atoms with Crippen molar-refractivity contribution in [2.24, 2.45) is 11.8 Å². The average molecular weight is 141 g/mol. The van der Waals surface area contributed by atoms with Crippen molar-refractivity contribution in [1.82, 2.24) is 4.90 Å². The Hall–Kier alpha value is -0.0400. The molecule has 1 fully saturated rings. The third-order valence-corrected chi connectivity index (χ3v) is 2.46. The highest BCUT2D eigenvalue weighted by molar-refractivity contribution is 4.76. The molecule has 0 aromatic carbocycles. The van der Waals surface area contributed by atoms with Crippen molar-refractivity contribution in [2.75, 3.05) is 20.6 Å². The van der Waals surface area contributed by atoms with Gasteiger partial charge < -0.3 is 4.90 Å². The van der Waals surface area contributed by atoms with E-state index in [1.54, 1.807) is 0 Å². The summed E-state index contributed by atoms with van der Waals surface area (Å²) >= 11 is 0. The molecule has 0 aromatic heterocycles. The Morgan fingerprint density at radius 2 is 1.90 bits per heavy atom. The molecule has 0 saturated heterocycles. The summed E-state index contributed by atoms with van der Waals surface area (Å²) in [5.41, 5.74) is 0. The van der Waals surface area contributed by atoms with Gasteiger partial charge in [0.15, 0.2) is 0 Å². The van der Waals surface area contributed by atoms with Crippen LogP contribution < -0.4 is 0 Å². The van der Waals surface area contributed by atoms with Crippen LogP contribution in [0, 0.1) is 11.8 Å². The summed E-state index contributed by atoms with van der Waals surface area (Å²) in [6.45, 7) is 3.63. The van der Waals surface area contributed by atoms with E-state index < -0.39 is 0 Å². The van der Waals surface area contributed by atoms with E-state index in [1.807, 2.05) is 0 Å². The second kappa shape index (κ2) is 3.38. The first-order valence-electron chi connectivity index (χ1n) is 4.33. The molecule has 0 aliphatic heterocycles. The second-order valence-corrected chi connectivity index (χ2v) is 4.03. The Labute approximate surface area is 64.4 Å². The predicted octanol–water partition coefficient (Wildman–Crippen LogP) is 1.98. The van der Waals surface area contributed by atoms with Crippen LogP contribution in [0.1, 0.15) is 26.2 Å². The summed E-state index contributed by atoms with van der Waals surface area (Å²) in [6.07, 6.45) is 4.37. The minimum absolute atomic E-state index is 1.02. The molecule has 1 rings (SSSR count). The zero-order valence-electron chi connectivity index (χ0n) is 7.43. The molecular formula is C9H19N. The van der Waals surface area contributed by atoms with Gasteiger partial charge >= 0.3 is 0 Å². The highest BCUT2D eigenvalue weighted by Crippen LogP contribution is 2.35. The van der Waals surface area contributed by atoms with Gasteiger partial charge in [-0.25, -0.2) is 0 Å². The fourth-order valence-corrected chi connectivity index (χ4v) is 1.75. The van der Waals surface area contributed by atoms with Crippen molar-refractivity contribution >= 4 is 0 Å². The molecule has 10 heavy (non-hydrogen) atoms. The van der Waals surface area contributed by atoms with Gasteiger partial charge in [-0.3, -0.25) is 0 Å². The Morgan fingerprint density at radius 1 is 1.30 bits per heavy atom. The lowest BCUT2D eigenvalue weighted by Gasteiger charge is -2.33. The van der Waals surface area contributed by atoms with E-state index in [0.717, 1.165) is 11.8 Å². The van der Waals surface area contributed by atoms with Crippen molar-refractivity contribution in [3.8, 4) is 0 Å². The van der Waals surface area contributed by atoms with Crippen LogP contribution in [-0.4, -0.2) is 25.5 Å². The van der Waals surface area contributed by atoms with Gasteiger partial charge in [0.1, 0.15) is 0 Å². The van der Waals surface area contributed by atoms with Crippen molar-refractivity contribution in [1.29, 1.82) is 0 Å². The summed E-state index contributed by atoms with van der Waals surface area (Å²) in [4.78, 5) is 2.28. The lowest BCUT2D eigenvalue weighted by Crippen LogP contribution is -2.25. The van der Waals surface area contributed by atoms with E-state index in [9.17, 15) is 0 Å². The van der Waals surface area contributed by atoms with E-state index in [4.69, 9.17) is 0 Å². The molecule has 0 atom stereocenters. The van der Waals surface area contributed by atoms with Crippen LogP contribution >= 0.6 is 0 Å². The largest absolute Gasteiger partial charge is 0.309 e. The summed E-state index contributed by atoms with van der Waals surface area (Å²) in [5, 5.41) is 0. The Bertz CT molecular complexity index is 92.9. The van der Waals surface area contributed by atoms with Crippen LogP contribution in [0.25, 0.3) is 0 Å². The molecule has 0 radical (unpaired) electrons. The van der Waals surface area contributed by atoms with Crippen LogP contribution in [0.15, 0.2) is 0 Å². The third kappa shape index (κ3) is 2.30. The van der Waals surface area contributed by atoms with Crippen LogP contribution in [-0.2, 0) is 0 Å². The maximum absolute atomic E-state index is 2.35. The normalized spacial score (nSPS) is 32.4. The molecule has 1 nitrogen and oxygen atoms in total. The third-order valence-electron chi connectivity index (χ3n) is 2.46. The Balaban J connectivity index is 1.95. The standard InChI is InChI=1S/C9H19N/c1-8-6-9(7-8)4-5-10(2)3/h8-9H,4-7H2,1-3H3. The van der Waals surface area contributed by atoms with Crippen LogP contribution in [0.4, 0.5) is 0 Å². The van der Waals surface area contributed by atoms with E-state index in [1.165, 1.54) is 25.8 Å². The molecule has 1 aliphatic carbocycles. The first kappa shape index (κ1) is 8.06. The van der Waals surface area contributed by atoms with Gasteiger partial charge in [-0.1, -0.05) is 6.92 Å². The predicted molar refractivity (Wildman–Crippen MR) is 45.1 cm³/mol. The van der Waals surface area contributed by atoms with Crippen molar-refractivity contribution in [2.45, 2.75) is 26.2 Å². The maximum atomic E-state index is 2.35. The van der Waals surface area contributed by atoms with Crippen LogP contribution in [0.3, 0.4) is 0 Å². The SMILES string of the molecule is CC1CC(CCN(C)C)C1. The lowest BCUT2D eigenvalue weighted by atomic mass is 9.74. The lowest BCUT2D eigenvalue weighted by molar-refractivity contribution is 0.183. The van der Waals surface area contributed by atoms with E-state index in [0.29, 0.717) is 0 Å². The molecule has 0 amide bonds. The second-order valence-electron chi connectivity index (χ2n) is 4.03. The first-order valence-corrected chi connectivity index (χ1v) is 4.33. The highest BCUT2D eigenvalue weighted by atomic mass is 15.0. The molecule has 1 heteroatoms. The van der Waals surface area contributed by atoms with Crippen molar-refractivity contribution in [3.63, 3.8) is 0 Å². The maximum Gasteiger partial charge on any atom is -0.00222 e. The van der Waals surface area contributed by atoms with E-state index >= 15 is 0 Å². The monoisotopic (exact) mass is 141 g/mol. The minimum atomic E-state index is 1.02. The molecule has 60 valence electrons. The molecule has 0 bridgehead atoms. The number of hydrogen-bond donors (Lipinski definition) is 0. The quantitative estimate of drug-likeness (QED) is 0.581. The summed E-state index contributed by atoms with van der Waals surface area (Å²) in [7, 11) is 4.31. The number of hydrogen-bond acceptors (Lipinski definition) is 1. The summed E-state index contributed by atoms with van der Waals surface area (Å²) < 4.78 is 0. The summed E-state index contributed by atoms with van der Waals surface area (Å²) in [5.74, 6) is 2.07. The fraction of sp³-hybridized carbons (Fsp3) is 1.00. The molecular weight excluding hydrogens is 122 g/mol. The van der Waals surface area contributed by atoms with Crippen LogP contribution in [0.2, 0.25) is 0 Å². The van der Waals surface area contributed by atoms with Gasteiger partial charge in [0.2, 0.25) is 0 Å². The molecule has 0 spiro atoms. The molecule has 0 unspecified atom stereocenters. The topological polar surface area (TPSA) is 3.24 Å². The zero-order valence-corrected chi connectivity index (χ0v) is 7.43. The van der Waals surface area contributed by atoms with Gasteiger partial charge in [-0.05, 0) is 51.7 Å².